The lowest BCUT2D eigenvalue weighted by atomic mass is 10.2. The van der Waals surface area contributed by atoms with Crippen LogP contribution in [0.3, 0.4) is 0 Å². The number of nitrogens with zero attached hydrogens (tertiary/aromatic N) is 1. The summed E-state index contributed by atoms with van der Waals surface area (Å²) in [5.41, 5.74) is 1.34. The van der Waals surface area contributed by atoms with E-state index in [1.165, 1.54) is 6.20 Å². The smallest absolute Gasteiger partial charge is 0.256 e. The van der Waals surface area contributed by atoms with Crippen LogP contribution in [-0.4, -0.2) is 12.0 Å². The summed E-state index contributed by atoms with van der Waals surface area (Å²) in [5.74, 6) is 0.0572. The molecule has 2 aromatic rings. The number of rotatable bonds is 4. The van der Waals surface area contributed by atoms with Crippen LogP contribution in [0.2, 0.25) is 5.02 Å². The molecule has 5 heteroatoms. The molecule has 1 N–H and O–H groups in total. The van der Waals surface area contributed by atoms with E-state index in [1.54, 1.807) is 31.3 Å². The van der Waals surface area contributed by atoms with Gasteiger partial charge in [0.05, 0.1) is 0 Å². The fourth-order valence-corrected chi connectivity index (χ4v) is 1.92. The van der Waals surface area contributed by atoms with Crippen LogP contribution in [0.5, 0.6) is 11.6 Å². The predicted octanol–water partition coefficient (Wildman–Crippen LogP) is 3.69. The molecule has 0 radical (unpaired) electrons. The predicted molar refractivity (Wildman–Crippen MR) is 73.2 cm³/mol. The summed E-state index contributed by atoms with van der Waals surface area (Å²) in [4.78, 5) is 3.92. The minimum Gasteiger partial charge on any atom is -0.436 e. The second kappa shape index (κ2) is 5.99. The van der Waals surface area contributed by atoms with E-state index >= 15 is 0 Å². The van der Waals surface area contributed by atoms with Crippen molar-refractivity contribution in [2.45, 2.75) is 13.5 Å². The van der Waals surface area contributed by atoms with Crippen molar-refractivity contribution in [1.29, 1.82) is 0 Å². The van der Waals surface area contributed by atoms with Crippen LogP contribution >= 0.6 is 11.6 Å². The molecule has 3 nitrogen and oxygen atoms in total. The Morgan fingerprint density at radius 1 is 1.37 bits per heavy atom. The van der Waals surface area contributed by atoms with E-state index in [4.69, 9.17) is 16.3 Å². The number of nitrogens with one attached hydrogen (secondary N) is 1. The molecule has 0 unspecified atom stereocenters. The molecule has 1 aromatic heterocycles. The highest BCUT2D eigenvalue weighted by Crippen LogP contribution is 2.28. The van der Waals surface area contributed by atoms with Gasteiger partial charge in [0.2, 0.25) is 0 Å². The van der Waals surface area contributed by atoms with Gasteiger partial charge in [-0.05, 0) is 43.8 Å². The molecule has 0 fully saturated rings. The first-order valence-corrected chi connectivity index (χ1v) is 6.21. The third-order valence-electron chi connectivity index (χ3n) is 2.65. The Bertz CT molecular complexity index is 590. The molecule has 0 atom stereocenters. The average molecular weight is 281 g/mol. The Morgan fingerprint density at radius 3 is 2.84 bits per heavy atom. The van der Waals surface area contributed by atoms with Crippen molar-refractivity contribution in [1.82, 2.24) is 10.3 Å². The van der Waals surface area contributed by atoms with E-state index < -0.39 is 5.82 Å². The monoisotopic (exact) mass is 280 g/mol. The number of halogens is 2. The summed E-state index contributed by atoms with van der Waals surface area (Å²) >= 11 is 5.86. The Balaban J connectivity index is 2.30. The lowest BCUT2D eigenvalue weighted by Gasteiger charge is -2.10. The molecule has 0 spiro atoms. The summed E-state index contributed by atoms with van der Waals surface area (Å²) < 4.78 is 19.6. The van der Waals surface area contributed by atoms with Crippen LogP contribution in [0.1, 0.15) is 11.1 Å². The van der Waals surface area contributed by atoms with Crippen molar-refractivity contribution >= 4 is 11.6 Å². The molecule has 1 aromatic carbocycles. The Kier molecular flexibility index (Phi) is 4.35. The number of aromatic nitrogens is 1. The van der Waals surface area contributed by atoms with Gasteiger partial charge in [0.25, 0.3) is 5.88 Å². The molecule has 0 saturated carbocycles. The minimum atomic E-state index is -0.453. The highest BCUT2D eigenvalue weighted by atomic mass is 35.5. The van der Waals surface area contributed by atoms with Crippen molar-refractivity contribution in [3.8, 4) is 11.6 Å². The van der Waals surface area contributed by atoms with Crippen molar-refractivity contribution in [3.05, 3.63) is 52.4 Å². The second-order valence-corrected chi connectivity index (χ2v) is 4.57. The summed E-state index contributed by atoms with van der Waals surface area (Å²) in [6.07, 6.45) is 1.52. The zero-order chi connectivity index (χ0) is 13.8. The number of pyridine rings is 1. The first kappa shape index (κ1) is 13.8. The van der Waals surface area contributed by atoms with Crippen molar-refractivity contribution in [2.75, 3.05) is 7.05 Å². The van der Waals surface area contributed by atoms with Crippen LogP contribution in [0.25, 0.3) is 0 Å². The lowest BCUT2D eigenvalue weighted by molar-refractivity contribution is 0.415. The molecule has 0 aliphatic carbocycles. The number of benzene rings is 1. The number of aryl methyl sites for hydroxylation is 1. The fourth-order valence-electron chi connectivity index (χ4n) is 1.69. The molecule has 0 saturated heterocycles. The molecule has 0 amide bonds. The number of hydrogen-bond acceptors (Lipinski definition) is 3. The van der Waals surface area contributed by atoms with Gasteiger partial charge in [-0.2, -0.15) is 0 Å². The zero-order valence-electron chi connectivity index (χ0n) is 10.7. The van der Waals surface area contributed by atoms with Gasteiger partial charge in [0.15, 0.2) is 5.82 Å². The highest BCUT2D eigenvalue weighted by Gasteiger charge is 2.12. The normalized spacial score (nSPS) is 10.5. The van der Waals surface area contributed by atoms with E-state index in [1.807, 2.05) is 6.92 Å². The summed E-state index contributed by atoms with van der Waals surface area (Å²) in [6, 6.07) is 6.77. The maximum absolute atomic E-state index is 14.1. The Morgan fingerprint density at radius 2 is 2.16 bits per heavy atom. The SMILES string of the molecule is CNCc1ccnc(Oc2ccc(Cl)cc2C)c1F. The first-order chi connectivity index (χ1) is 9.11. The van der Waals surface area contributed by atoms with E-state index in [-0.39, 0.29) is 5.88 Å². The van der Waals surface area contributed by atoms with Gasteiger partial charge >= 0.3 is 0 Å². The van der Waals surface area contributed by atoms with Gasteiger partial charge in [-0.1, -0.05) is 11.6 Å². The summed E-state index contributed by atoms with van der Waals surface area (Å²) in [7, 11) is 1.75. The maximum Gasteiger partial charge on any atom is 0.256 e. The maximum atomic E-state index is 14.1. The van der Waals surface area contributed by atoms with Crippen LogP contribution in [0, 0.1) is 12.7 Å². The van der Waals surface area contributed by atoms with Crippen LogP contribution in [-0.2, 0) is 6.54 Å². The number of hydrogen-bond donors (Lipinski definition) is 1. The Labute approximate surface area is 116 Å². The second-order valence-electron chi connectivity index (χ2n) is 4.13. The van der Waals surface area contributed by atoms with Gasteiger partial charge in [0.1, 0.15) is 5.75 Å². The average Bonchev–Trinajstić information content (AvgIpc) is 2.37. The van der Waals surface area contributed by atoms with Crippen molar-refractivity contribution in [3.63, 3.8) is 0 Å². The zero-order valence-corrected chi connectivity index (χ0v) is 11.5. The first-order valence-electron chi connectivity index (χ1n) is 5.84. The molecular weight excluding hydrogens is 267 g/mol. The fraction of sp³-hybridized carbons (Fsp3) is 0.214. The van der Waals surface area contributed by atoms with Crippen LogP contribution in [0.4, 0.5) is 4.39 Å². The standard InChI is InChI=1S/C14H14ClFN2O/c1-9-7-11(15)3-4-12(9)19-14-13(16)10(8-17-2)5-6-18-14/h3-7,17H,8H2,1-2H3. The summed E-state index contributed by atoms with van der Waals surface area (Å²) in [6.45, 7) is 2.26. The van der Waals surface area contributed by atoms with E-state index in [0.29, 0.717) is 22.9 Å². The molecule has 0 bridgehead atoms. The van der Waals surface area contributed by atoms with Gasteiger partial charge < -0.3 is 10.1 Å². The van der Waals surface area contributed by atoms with Crippen molar-refractivity contribution in [2.24, 2.45) is 0 Å². The third-order valence-corrected chi connectivity index (χ3v) is 2.88. The van der Waals surface area contributed by atoms with E-state index in [2.05, 4.69) is 10.3 Å². The van der Waals surface area contributed by atoms with Crippen LogP contribution in [0.15, 0.2) is 30.5 Å². The molecule has 1 heterocycles. The topological polar surface area (TPSA) is 34.2 Å². The molecule has 2 rings (SSSR count). The molecule has 0 aliphatic rings. The van der Waals surface area contributed by atoms with Crippen LogP contribution < -0.4 is 10.1 Å². The lowest BCUT2D eigenvalue weighted by Crippen LogP contribution is -2.08. The highest BCUT2D eigenvalue weighted by molar-refractivity contribution is 6.30. The molecule has 19 heavy (non-hydrogen) atoms. The minimum absolute atomic E-state index is 0.0295. The van der Waals surface area contributed by atoms with Gasteiger partial charge in [-0.25, -0.2) is 9.37 Å². The third kappa shape index (κ3) is 3.22. The Hall–Kier alpha value is -1.65. The van der Waals surface area contributed by atoms with Crippen molar-refractivity contribution < 1.29 is 9.13 Å². The van der Waals surface area contributed by atoms with E-state index in [9.17, 15) is 4.39 Å². The summed E-state index contributed by atoms with van der Waals surface area (Å²) in [5, 5.41) is 3.51. The molecule has 0 aliphatic heterocycles. The largest absolute Gasteiger partial charge is 0.436 e. The van der Waals surface area contributed by atoms with Gasteiger partial charge in [-0.3, -0.25) is 0 Å². The quantitative estimate of drug-likeness (QED) is 0.927. The molecule has 100 valence electrons. The van der Waals surface area contributed by atoms with E-state index in [0.717, 1.165) is 5.56 Å². The van der Waals surface area contributed by atoms with Gasteiger partial charge in [-0.15, -0.1) is 0 Å². The molecular formula is C14H14ClFN2O. The van der Waals surface area contributed by atoms with Gasteiger partial charge in [0, 0.05) is 23.3 Å². The number of ether oxygens (including phenoxy) is 1.